The molecule has 3 heterocycles. The van der Waals surface area contributed by atoms with Gasteiger partial charge in [0.05, 0.1) is 11.5 Å². The first-order chi connectivity index (χ1) is 7.80. The van der Waals surface area contributed by atoms with Gasteiger partial charge in [0.15, 0.2) is 0 Å². The number of fused-ring (bicyclic) bond motifs is 4. The van der Waals surface area contributed by atoms with Crippen molar-refractivity contribution in [1.29, 1.82) is 0 Å². The summed E-state index contributed by atoms with van der Waals surface area (Å²) in [6.45, 7) is 10.3. The van der Waals surface area contributed by atoms with Crippen LogP contribution < -0.4 is 0 Å². The number of esters is 1. The van der Waals surface area contributed by atoms with E-state index in [-0.39, 0.29) is 17.5 Å². The summed E-state index contributed by atoms with van der Waals surface area (Å²) in [5.74, 6) is -0.185. The number of ether oxygens (including phenoxy) is 2. The van der Waals surface area contributed by atoms with Crippen LogP contribution in [0.5, 0.6) is 0 Å². The van der Waals surface area contributed by atoms with Gasteiger partial charge in [-0.25, -0.2) is 0 Å². The molecule has 3 aliphatic rings. The van der Waals surface area contributed by atoms with Crippen LogP contribution in [0.15, 0.2) is 0 Å². The lowest BCUT2D eigenvalue weighted by molar-refractivity contribution is -0.233. The molecular formula is C14H24O3. The summed E-state index contributed by atoms with van der Waals surface area (Å²) in [5, 5.41) is 0. The highest BCUT2D eigenvalue weighted by Gasteiger charge is 2.61. The molecule has 3 aliphatic heterocycles. The van der Waals surface area contributed by atoms with Gasteiger partial charge >= 0.3 is 5.97 Å². The maximum absolute atomic E-state index is 12.3. The second-order valence-electron chi connectivity index (χ2n) is 6.15. The van der Waals surface area contributed by atoms with E-state index in [0.717, 1.165) is 25.7 Å². The predicted molar refractivity (Wildman–Crippen MR) is 65.7 cm³/mol. The number of hydrogen-bond donors (Lipinski definition) is 0. The lowest BCUT2D eigenvalue weighted by Gasteiger charge is -2.50. The van der Waals surface area contributed by atoms with Crippen LogP contribution in [0.25, 0.3) is 0 Å². The van der Waals surface area contributed by atoms with Gasteiger partial charge in [-0.1, -0.05) is 13.8 Å². The molecule has 98 valence electrons. The topological polar surface area (TPSA) is 35.5 Å². The molecule has 0 amide bonds. The van der Waals surface area contributed by atoms with E-state index in [1.165, 1.54) is 0 Å². The summed E-state index contributed by atoms with van der Waals surface area (Å²) in [6, 6.07) is 0. The van der Waals surface area contributed by atoms with Crippen LogP contribution in [-0.2, 0) is 14.3 Å². The summed E-state index contributed by atoms with van der Waals surface area (Å²) in [7, 11) is 0. The van der Waals surface area contributed by atoms with E-state index in [1.807, 2.05) is 13.8 Å². The van der Waals surface area contributed by atoms with Crippen LogP contribution >= 0.6 is 0 Å². The van der Waals surface area contributed by atoms with E-state index in [2.05, 4.69) is 20.8 Å². The quantitative estimate of drug-likeness (QED) is 0.696. The Bertz CT molecular complexity index is 330. The summed E-state index contributed by atoms with van der Waals surface area (Å²) >= 11 is 0. The second kappa shape index (κ2) is 3.71. The summed E-state index contributed by atoms with van der Waals surface area (Å²) in [4.78, 5) is 12.3. The van der Waals surface area contributed by atoms with Gasteiger partial charge < -0.3 is 9.47 Å². The average molecular weight is 240 g/mol. The Morgan fingerprint density at radius 3 is 2.29 bits per heavy atom. The Hall–Kier alpha value is -0.570. The van der Waals surface area contributed by atoms with Crippen LogP contribution in [0.3, 0.4) is 0 Å². The van der Waals surface area contributed by atoms with Crippen molar-refractivity contribution in [2.75, 3.05) is 0 Å². The van der Waals surface area contributed by atoms with Gasteiger partial charge in [-0.3, -0.25) is 4.79 Å². The van der Waals surface area contributed by atoms with Crippen molar-refractivity contribution < 1.29 is 14.3 Å². The van der Waals surface area contributed by atoms with Crippen molar-refractivity contribution in [2.24, 2.45) is 5.92 Å². The van der Waals surface area contributed by atoms with Crippen molar-refractivity contribution in [3.05, 3.63) is 0 Å². The molecule has 3 rings (SSSR count). The first-order valence-corrected chi connectivity index (χ1v) is 6.73. The van der Waals surface area contributed by atoms with E-state index >= 15 is 0 Å². The molecule has 0 aromatic rings. The third-order valence-corrected chi connectivity index (χ3v) is 4.92. The molecule has 3 nitrogen and oxygen atoms in total. The van der Waals surface area contributed by atoms with E-state index in [1.54, 1.807) is 0 Å². The Labute approximate surface area is 104 Å². The molecule has 0 radical (unpaired) electrons. The van der Waals surface area contributed by atoms with Gasteiger partial charge in [-0.2, -0.15) is 0 Å². The van der Waals surface area contributed by atoms with Crippen LogP contribution in [0.4, 0.5) is 0 Å². The largest absolute Gasteiger partial charge is 0.456 e. The number of hydrogen-bond acceptors (Lipinski definition) is 3. The summed E-state index contributed by atoms with van der Waals surface area (Å²) < 4.78 is 12.2. The highest BCUT2D eigenvalue weighted by atomic mass is 16.6. The lowest BCUT2D eigenvalue weighted by Crippen LogP contribution is -2.58. The number of carbonyl (C=O) groups is 1. The molecule has 0 aliphatic carbocycles. The van der Waals surface area contributed by atoms with E-state index < -0.39 is 11.2 Å². The SMILES string of the molecule is CCC1(CC)OC(=O)[C@H]2CC[C@]1(C)OC2(C)C. The second-order valence-corrected chi connectivity index (χ2v) is 6.15. The van der Waals surface area contributed by atoms with Gasteiger partial charge in [0.25, 0.3) is 0 Å². The Balaban J connectivity index is 2.50. The smallest absolute Gasteiger partial charge is 0.312 e. The minimum atomic E-state index is -0.452. The third kappa shape index (κ3) is 1.62. The molecular weight excluding hydrogens is 216 g/mol. The molecule has 3 saturated heterocycles. The summed E-state index contributed by atoms with van der Waals surface area (Å²) in [5.41, 5.74) is -1.20. The van der Waals surface area contributed by atoms with E-state index in [4.69, 9.17) is 9.47 Å². The predicted octanol–water partition coefficient (Wildman–Crippen LogP) is 3.07. The molecule has 2 atom stereocenters. The van der Waals surface area contributed by atoms with Crippen molar-refractivity contribution in [1.82, 2.24) is 0 Å². The molecule has 0 spiro atoms. The van der Waals surface area contributed by atoms with Crippen molar-refractivity contribution >= 4 is 5.97 Å². The molecule has 0 unspecified atom stereocenters. The maximum atomic E-state index is 12.3. The van der Waals surface area contributed by atoms with Crippen LogP contribution in [-0.4, -0.2) is 22.8 Å². The number of rotatable bonds is 2. The van der Waals surface area contributed by atoms with Crippen molar-refractivity contribution in [3.63, 3.8) is 0 Å². The van der Waals surface area contributed by atoms with Gasteiger partial charge in [0.2, 0.25) is 0 Å². The molecule has 0 N–H and O–H groups in total. The fourth-order valence-electron chi connectivity index (χ4n) is 3.71. The zero-order chi connectivity index (χ0) is 12.9. The Morgan fingerprint density at radius 1 is 1.24 bits per heavy atom. The monoisotopic (exact) mass is 240 g/mol. The summed E-state index contributed by atoms with van der Waals surface area (Å²) in [6.07, 6.45) is 3.42. The maximum Gasteiger partial charge on any atom is 0.312 e. The molecule has 0 aromatic heterocycles. The molecule has 3 heteroatoms. The highest BCUT2D eigenvalue weighted by Crippen LogP contribution is 2.52. The zero-order valence-corrected chi connectivity index (χ0v) is 11.6. The van der Waals surface area contributed by atoms with E-state index in [0.29, 0.717) is 0 Å². The standard InChI is InChI=1S/C14H24O3/c1-6-14(7-2)13(5)9-8-10(11(15)16-14)12(3,4)17-13/h10H,6-9H2,1-5H3/t10-,13+/m1/s1. The van der Waals surface area contributed by atoms with Gasteiger partial charge in [-0.05, 0) is 46.5 Å². The molecule has 17 heavy (non-hydrogen) atoms. The van der Waals surface area contributed by atoms with Crippen LogP contribution in [0.1, 0.15) is 60.3 Å². The van der Waals surface area contributed by atoms with Crippen LogP contribution in [0, 0.1) is 5.92 Å². The molecule has 3 fully saturated rings. The molecule has 2 bridgehead atoms. The minimum Gasteiger partial charge on any atom is -0.456 e. The Morgan fingerprint density at radius 2 is 1.82 bits per heavy atom. The highest BCUT2D eigenvalue weighted by molar-refractivity contribution is 5.75. The fourth-order valence-corrected chi connectivity index (χ4v) is 3.71. The van der Waals surface area contributed by atoms with Gasteiger partial charge in [0, 0.05) is 0 Å². The third-order valence-electron chi connectivity index (χ3n) is 4.92. The Kier molecular flexibility index (Phi) is 2.81. The van der Waals surface area contributed by atoms with Crippen LogP contribution in [0.2, 0.25) is 0 Å². The normalized spacial score (nSPS) is 38.6. The minimum absolute atomic E-state index is 0.0695. The molecule has 0 saturated carbocycles. The van der Waals surface area contributed by atoms with E-state index in [9.17, 15) is 4.79 Å². The zero-order valence-electron chi connectivity index (χ0n) is 11.6. The average Bonchev–Trinajstić information content (AvgIpc) is 2.37. The van der Waals surface area contributed by atoms with Gasteiger partial charge in [-0.15, -0.1) is 0 Å². The number of carbonyl (C=O) groups excluding carboxylic acids is 1. The van der Waals surface area contributed by atoms with Crippen molar-refractivity contribution in [2.45, 2.75) is 77.1 Å². The first-order valence-electron chi connectivity index (χ1n) is 6.73. The fraction of sp³-hybridized carbons (Fsp3) is 0.929. The van der Waals surface area contributed by atoms with Crippen molar-refractivity contribution in [3.8, 4) is 0 Å². The first kappa shape index (κ1) is 12.9. The molecule has 0 aromatic carbocycles. The van der Waals surface area contributed by atoms with Gasteiger partial charge in [0.1, 0.15) is 11.2 Å². The lowest BCUT2D eigenvalue weighted by atomic mass is 9.72.